The lowest BCUT2D eigenvalue weighted by Gasteiger charge is -2.19. The van der Waals surface area contributed by atoms with Crippen molar-refractivity contribution in [2.24, 2.45) is 0 Å². The summed E-state index contributed by atoms with van der Waals surface area (Å²) in [5, 5.41) is 12.3. The van der Waals surface area contributed by atoms with Crippen LogP contribution in [-0.4, -0.2) is 30.4 Å². The summed E-state index contributed by atoms with van der Waals surface area (Å²) in [4.78, 5) is 0. The molecule has 6 heteroatoms. The topological polar surface area (TPSA) is 41.5 Å². The van der Waals surface area contributed by atoms with Gasteiger partial charge in [0.1, 0.15) is 18.0 Å². The SMILES string of the molecule is OC1CNCC1Oc1ccccc1C(F)(F)F. The average molecular weight is 247 g/mol. The fourth-order valence-electron chi connectivity index (χ4n) is 1.73. The van der Waals surface area contributed by atoms with Crippen molar-refractivity contribution in [3.63, 3.8) is 0 Å². The van der Waals surface area contributed by atoms with Gasteiger partial charge in [-0.05, 0) is 12.1 Å². The van der Waals surface area contributed by atoms with Gasteiger partial charge in [0.15, 0.2) is 0 Å². The number of aliphatic hydroxyl groups excluding tert-OH is 1. The minimum absolute atomic E-state index is 0.243. The number of ether oxygens (including phenoxy) is 1. The van der Waals surface area contributed by atoms with E-state index in [0.29, 0.717) is 13.1 Å². The number of β-amino-alcohol motifs (C(OH)–C–C–N with tert-alkyl or cyclic N) is 1. The molecule has 2 unspecified atom stereocenters. The van der Waals surface area contributed by atoms with Crippen molar-refractivity contribution in [2.75, 3.05) is 13.1 Å². The van der Waals surface area contributed by atoms with E-state index in [2.05, 4.69) is 5.32 Å². The van der Waals surface area contributed by atoms with Gasteiger partial charge in [0.25, 0.3) is 0 Å². The summed E-state index contributed by atoms with van der Waals surface area (Å²) < 4.78 is 43.2. The third-order valence-corrected chi connectivity index (χ3v) is 2.60. The second-order valence-corrected chi connectivity index (χ2v) is 3.88. The molecule has 1 aliphatic rings. The van der Waals surface area contributed by atoms with Crippen LogP contribution in [0.3, 0.4) is 0 Å². The molecule has 2 N–H and O–H groups in total. The van der Waals surface area contributed by atoms with Crippen molar-refractivity contribution < 1.29 is 23.0 Å². The van der Waals surface area contributed by atoms with Crippen LogP contribution in [-0.2, 0) is 6.18 Å². The van der Waals surface area contributed by atoms with Gasteiger partial charge in [-0.1, -0.05) is 12.1 Å². The number of aliphatic hydroxyl groups is 1. The number of hydrogen-bond donors (Lipinski definition) is 2. The van der Waals surface area contributed by atoms with Gasteiger partial charge < -0.3 is 15.2 Å². The first kappa shape index (κ1) is 12.2. The Morgan fingerprint density at radius 2 is 1.94 bits per heavy atom. The van der Waals surface area contributed by atoms with Crippen LogP contribution in [0.1, 0.15) is 5.56 Å². The van der Waals surface area contributed by atoms with E-state index < -0.39 is 23.9 Å². The van der Waals surface area contributed by atoms with E-state index in [1.165, 1.54) is 18.2 Å². The first-order valence-corrected chi connectivity index (χ1v) is 5.20. The summed E-state index contributed by atoms with van der Waals surface area (Å²) >= 11 is 0. The Bertz CT molecular complexity index is 395. The lowest BCUT2D eigenvalue weighted by atomic mass is 10.2. The fourth-order valence-corrected chi connectivity index (χ4v) is 1.73. The monoisotopic (exact) mass is 247 g/mol. The molecule has 1 aliphatic heterocycles. The number of halogens is 3. The molecule has 1 heterocycles. The average Bonchev–Trinajstić information content (AvgIpc) is 2.64. The quantitative estimate of drug-likeness (QED) is 0.830. The Labute approximate surface area is 96.2 Å². The third-order valence-electron chi connectivity index (χ3n) is 2.60. The third kappa shape index (κ3) is 2.70. The molecule has 1 aromatic rings. The van der Waals surface area contributed by atoms with Gasteiger partial charge >= 0.3 is 6.18 Å². The summed E-state index contributed by atoms with van der Waals surface area (Å²) in [7, 11) is 0. The number of hydrogen-bond acceptors (Lipinski definition) is 3. The van der Waals surface area contributed by atoms with E-state index in [1.807, 2.05) is 0 Å². The lowest BCUT2D eigenvalue weighted by Crippen LogP contribution is -2.30. The predicted molar refractivity (Wildman–Crippen MR) is 54.7 cm³/mol. The minimum atomic E-state index is -4.45. The molecule has 1 saturated heterocycles. The molecule has 0 saturated carbocycles. The normalized spacial score (nSPS) is 24.9. The van der Waals surface area contributed by atoms with Gasteiger partial charge in [0, 0.05) is 13.1 Å². The van der Waals surface area contributed by atoms with Crippen LogP contribution in [0.5, 0.6) is 5.75 Å². The van der Waals surface area contributed by atoms with Gasteiger partial charge in [0.2, 0.25) is 0 Å². The zero-order valence-corrected chi connectivity index (χ0v) is 8.87. The Balaban J connectivity index is 2.21. The molecule has 0 radical (unpaired) electrons. The molecule has 0 spiro atoms. The summed E-state index contributed by atoms with van der Waals surface area (Å²) in [5.41, 5.74) is -0.820. The lowest BCUT2D eigenvalue weighted by molar-refractivity contribution is -0.139. The summed E-state index contributed by atoms with van der Waals surface area (Å²) in [6.45, 7) is 0.673. The maximum atomic E-state index is 12.7. The smallest absolute Gasteiger partial charge is 0.419 e. The molecule has 2 rings (SSSR count). The Morgan fingerprint density at radius 1 is 1.24 bits per heavy atom. The summed E-state index contributed by atoms with van der Waals surface area (Å²) in [6.07, 6.45) is -5.87. The molecule has 2 atom stereocenters. The first-order chi connectivity index (χ1) is 7.98. The van der Waals surface area contributed by atoms with Crippen molar-refractivity contribution in [2.45, 2.75) is 18.4 Å². The highest BCUT2D eigenvalue weighted by atomic mass is 19.4. The molecular formula is C11H12F3NO2. The molecule has 1 aromatic carbocycles. The van der Waals surface area contributed by atoms with Crippen LogP contribution >= 0.6 is 0 Å². The molecule has 17 heavy (non-hydrogen) atoms. The van der Waals surface area contributed by atoms with Crippen molar-refractivity contribution in [1.29, 1.82) is 0 Å². The second-order valence-electron chi connectivity index (χ2n) is 3.88. The standard InChI is InChI=1S/C11H12F3NO2/c12-11(13,14)7-3-1-2-4-9(7)17-10-6-15-5-8(10)16/h1-4,8,10,15-16H,5-6H2. The van der Waals surface area contributed by atoms with E-state index in [4.69, 9.17) is 4.74 Å². The highest BCUT2D eigenvalue weighted by Crippen LogP contribution is 2.36. The van der Waals surface area contributed by atoms with Crippen molar-refractivity contribution in [3.05, 3.63) is 29.8 Å². The van der Waals surface area contributed by atoms with E-state index in [0.717, 1.165) is 6.07 Å². The number of nitrogens with one attached hydrogen (secondary N) is 1. The molecular weight excluding hydrogens is 235 g/mol. The van der Waals surface area contributed by atoms with Gasteiger partial charge in [-0.15, -0.1) is 0 Å². The van der Waals surface area contributed by atoms with Crippen molar-refractivity contribution >= 4 is 0 Å². The van der Waals surface area contributed by atoms with Crippen LogP contribution in [0.15, 0.2) is 24.3 Å². The maximum absolute atomic E-state index is 12.7. The minimum Gasteiger partial charge on any atom is -0.486 e. The van der Waals surface area contributed by atoms with Crippen LogP contribution < -0.4 is 10.1 Å². The summed E-state index contributed by atoms with van der Waals surface area (Å²) in [6, 6.07) is 5.00. The van der Waals surface area contributed by atoms with E-state index in [9.17, 15) is 18.3 Å². The Hall–Kier alpha value is -1.27. The summed E-state index contributed by atoms with van der Waals surface area (Å²) in [5.74, 6) is -0.243. The van der Waals surface area contributed by atoms with E-state index >= 15 is 0 Å². The largest absolute Gasteiger partial charge is 0.486 e. The number of para-hydroxylation sites is 1. The molecule has 0 aliphatic carbocycles. The van der Waals surface area contributed by atoms with Crippen LogP contribution in [0.2, 0.25) is 0 Å². The molecule has 1 fully saturated rings. The maximum Gasteiger partial charge on any atom is 0.419 e. The number of alkyl halides is 3. The Kier molecular flexibility index (Phi) is 3.26. The highest BCUT2D eigenvalue weighted by Gasteiger charge is 2.36. The van der Waals surface area contributed by atoms with Crippen LogP contribution in [0.25, 0.3) is 0 Å². The number of benzene rings is 1. The van der Waals surface area contributed by atoms with Crippen LogP contribution in [0.4, 0.5) is 13.2 Å². The number of rotatable bonds is 2. The van der Waals surface area contributed by atoms with Gasteiger partial charge in [-0.3, -0.25) is 0 Å². The molecule has 0 amide bonds. The van der Waals surface area contributed by atoms with E-state index in [1.54, 1.807) is 0 Å². The zero-order chi connectivity index (χ0) is 12.5. The molecule has 3 nitrogen and oxygen atoms in total. The van der Waals surface area contributed by atoms with Gasteiger partial charge in [-0.25, -0.2) is 0 Å². The van der Waals surface area contributed by atoms with E-state index in [-0.39, 0.29) is 5.75 Å². The Morgan fingerprint density at radius 3 is 2.53 bits per heavy atom. The molecule has 0 aromatic heterocycles. The highest BCUT2D eigenvalue weighted by molar-refractivity contribution is 5.35. The fraction of sp³-hybridized carbons (Fsp3) is 0.455. The van der Waals surface area contributed by atoms with Gasteiger partial charge in [0.05, 0.1) is 5.56 Å². The second kappa shape index (κ2) is 4.54. The van der Waals surface area contributed by atoms with Crippen molar-refractivity contribution in [3.8, 4) is 5.75 Å². The zero-order valence-electron chi connectivity index (χ0n) is 8.87. The first-order valence-electron chi connectivity index (χ1n) is 5.20. The molecule has 94 valence electrons. The van der Waals surface area contributed by atoms with Crippen molar-refractivity contribution in [1.82, 2.24) is 5.32 Å². The van der Waals surface area contributed by atoms with Gasteiger partial charge in [-0.2, -0.15) is 13.2 Å². The predicted octanol–water partition coefficient (Wildman–Crippen LogP) is 1.42. The molecule has 0 bridgehead atoms. The van der Waals surface area contributed by atoms with Crippen LogP contribution in [0, 0.1) is 0 Å².